The molecule has 19 heavy (non-hydrogen) atoms. The van der Waals surface area contributed by atoms with Crippen LogP contribution in [0.15, 0.2) is 34.7 Å². The lowest BCUT2D eigenvalue weighted by Crippen LogP contribution is -2.27. The zero-order chi connectivity index (χ0) is 14.0. The number of aryl methyl sites for hydroxylation is 2. The van der Waals surface area contributed by atoms with Crippen LogP contribution in [0.1, 0.15) is 40.4 Å². The van der Waals surface area contributed by atoms with Crippen molar-refractivity contribution in [2.45, 2.75) is 26.8 Å². The fourth-order valence-corrected chi connectivity index (χ4v) is 1.92. The molecule has 0 saturated heterocycles. The molecule has 2 aromatic rings. The van der Waals surface area contributed by atoms with Crippen LogP contribution in [0.2, 0.25) is 0 Å². The minimum absolute atomic E-state index is 0.147. The van der Waals surface area contributed by atoms with Crippen molar-refractivity contribution < 1.29 is 9.21 Å². The van der Waals surface area contributed by atoms with Crippen LogP contribution in [-0.4, -0.2) is 5.91 Å². The summed E-state index contributed by atoms with van der Waals surface area (Å²) in [6, 6.07) is 8.88. The van der Waals surface area contributed by atoms with Crippen molar-refractivity contribution in [3.8, 4) is 0 Å². The third-order valence-corrected chi connectivity index (χ3v) is 3.04. The first-order chi connectivity index (χ1) is 8.97. The molecule has 0 saturated carbocycles. The Morgan fingerprint density at radius 2 is 2.00 bits per heavy atom. The van der Waals surface area contributed by atoms with Crippen LogP contribution in [0.4, 0.5) is 5.69 Å². The number of carbonyl (C=O) groups is 1. The summed E-state index contributed by atoms with van der Waals surface area (Å²) >= 11 is 0. The topological polar surface area (TPSA) is 68.3 Å². The fourth-order valence-electron chi connectivity index (χ4n) is 1.92. The van der Waals surface area contributed by atoms with Crippen LogP contribution in [0.3, 0.4) is 0 Å². The Balaban J connectivity index is 2.15. The maximum Gasteiger partial charge on any atom is 0.252 e. The summed E-state index contributed by atoms with van der Waals surface area (Å²) < 4.78 is 5.50. The van der Waals surface area contributed by atoms with Gasteiger partial charge in [0.2, 0.25) is 0 Å². The van der Waals surface area contributed by atoms with Crippen LogP contribution >= 0.6 is 0 Å². The van der Waals surface area contributed by atoms with Gasteiger partial charge >= 0.3 is 0 Å². The molecule has 0 aliphatic carbocycles. The number of amides is 1. The molecule has 1 aromatic carbocycles. The summed E-state index contributed by atoms with van der Waals surface area (Å²) in [4.78, 5) is 12.2. The zero-order valence-electron chi connectivity index (χ0n) is 11.4. The number of hydrogen-bond donors (Lipinski definition) is 2. The van der Waals surface area contributed by atoms with Gasteiger partial charge in [-0.05, 0) is 50.6 Å². The molecular weight excluding hydrogens is 240 g/mol. The molecule has 1 atom stereocenters. The van der Waals surface area contributed by atoms with Gasteiger partial charge in [-0.1, -0.05) is 6.07 Å². The Bertz CT molecular complexity index is 602. The summed E-state index contributed by atoms with van der Waals surface area (Å²) in [5.41, 5.74) is 7.78. The molecule has 4 heteroatoms. The van der Waals surface area contributed by atoms with Crippen LogP contribution in [0.5, 0.6) is 0 Å². The molecule has 1 amide bonds. The van der Waals surface area contributed by atoms with Gasteiger partial charge in [0.1, 0.15) is 11.5 Å². The molecule has 1 heterocycles. The van der Waals surface area contributed by atoms with Crippen LogP contribution in [0, 0.1) is 13.8 Å². The van der Waals surface area contributed by atoms with E-state index in [0.29, 0.717) is 11.3 Å². The summed E-state index contributed by atoms with van der Waals surface area (Å²) in [6.07, 6.45) is 0. The van der Waals surface area contributed by atoms with Gasteiger partial charge in [-0.25, -0.2) is 0 Å². The van der Waals surface area contributed by atoms with Gasteiger partial charge in [0.25, 0.3) is 5.91 Å². The molecule has 3 N–H and O–H groups in total. The largest absolute Gasteiger partial charge is 0.464 e. The lowest BCUT2D eigenvalue weighted by atomic mass is 10.1. The van der Waals surface area contributed by atoms with Crippen molar-refractivity contribution in [2.75, 3.05) is 5.73 Å². The molecule has 0 bridgehead atoms. The van der Waals surface area contributed by atoms with E-state index in [2.05, 4.69) is 5.32 Å². The van der Waals surface area contributed by atoms with E-state index in [1.54, 1.807) is 12.1 Å². The maximum atomic E-state index is 12.2. The normalized spacial score (nSPS) is 12.2. The van der Waals surface area contributed by atoms with Crippen LogP contribution in [0.25, 0.3) is 0 Å². The zero-order valence-corrected chi connectivity index (χ0v) is 11.4. The smallest absolute Gasteiger partial charge is 0.252 e. The molecule has 4 nitrogen and oxygen atoms in total. The second-order valence-corrected chi connectivity index (χ2v) is 4.72. The summed E-state index contributed by atoms with van der Waals surface area (Å²) in [7, 11) is 0. The van der Waals surface area contributed by atoms with Gasteiger partial charge in [-0.3, -0.25) is 4.79 Å². The predicted molar refractivity (Wildman–Crippen MR) is 74.9 cm³/mol. The molecule has 100 valence electrons. The summed E-state index contributed by atoms with van der Waals surface area (Å²) in [6.45, 7) is 5.65. The first-order valence-electron chi connectivity index (χ1n) is 6.20. The molecule has 1 unspecified atom stereocenters. The quantitative estimate of drug-likeness (QED) is 0.832. The van der Waals surface area contributed by atoms with E-state index in [1.165, 1.54) is 0 Å². The number of nitrogens with one attached hydrogen (secondary N) is 1. The van der Waals surface area contributed by atoms with Crippen LogP contribution < -0.4 is 11.1 Å². The van der Waals surface area contributed by atoms with Crippen molar-refractivity contribution in [3.63, 3.8) is 0 Å². The average Bonchev–Trinajstić information content (AvgIpc) is 2.79. The van der Waals surface area contributed by atoms with Crippen LogP contribution in [-0.2, 0) is 0 Å². The van der Waals surface area contributed by atoms with Gasteiger partial charge in [-0.2, -0.15) is 0 Å². The first-order valence-corrected chi connectivity index (χ1v) is 6.20. The highest BCUT2D eigenvalue weighted by molar-refractivity contribution is 5.96. The second-order valence-electron chi connectivity index (χ2n) is 4.72. The SMILES string of the molecule is Cc1ccc(C(C)NC(=O)c2cc(N)ccc2C)o1. The maximum absolute atomic E-state index is 12.2. The fraction of sp³-hybridized carbons (Fsp3) is 0.267. The Hall–Kier alpha value is -2.23. The van der Waals surface area contributed by atoms with Gasteiger partial charge in [0.05, 0.1) is 6.04 Å². The second kappa shape index (κ2) is 5.18. The van der Waals surface area contributed by atoms with Crippen molar-refractivity contribution in [1.29, 1.82) is 0 Å². The number of nitrogen functional groups attached to an aromatic ring is 1. The Kier molecular flexibility index (Phi) is 3.60. The lowest BCUT2D eigenvalue weighted by Gasteiger charge is -2.13. The molecule has 0 radical (unpaired) electrons. The van der Waals surface area contributed by atoms with Gasteiger partial charge in [0, 0.05) is 11.3 Å². The van der Waals surface area contributed by atoms with E-state index < -0.39 is 0 Å². The molecule has 0 fully saturated rings. The van der Waals surface area contributed by atoms with Gasteiger partial charge < -0.3 is 15.5 Å². The first kappa shape index (κ1) is 13.2. The number of furan rings is 1. The molecule has 0 aliphatic heterocycles. The number of carbonyl (C=O) groups excluding carboxylic acids is 1. The minimum atomic E-state index is -0.179. The van der Waals surface area contributed by atoms with Gasteiger partial charge in [0.15, 0.2) is 0 Å². The summed E-state index contributed by atoms with van der Waals surface area (Å²) in [5.74, 6) is 1.43. The highest BCUT2D eigenvalue weighted by atomic mass is 16.3. The van der Waals surface area contributed by atoms with Crippen molar-refractivity contribution >= 4 is 11.6 Å². The number of nitrogens with two attached hydrogens (primary N) is 1. The average molecular weight is 258 g/mol. The number of hydrogen-bond acceptors (Lipinski definition) is 3. The Morgan fingerprint density at radius 3 is 2.63 bits per heavy atom. The van der Waals surface area contributed by atoms with Crippen molar-refractivity contribution in [2.24, 2.45) is 0 Å². The van der Waals surface area contributed by atoms with Crippen molar-refractivity contribution in [3.05, 3.63) is 53.0 Å². The number of benzene rings is 1. The molecule has 0 spiro atoms. The van der Waals surface area contributed by atoms with Gasteiger partial charge in [-0.15, -0.1) is 0 Å². The van der Waals surface area contributed by atoms with E-state index in [1.807, 2.05) is 39.0 Å². The highest BCUT2D eigenvalue weighted by Crippen LogP contribution is 2.18. The summed E-state index contributed by atoms with van der Waals surface area (Å²) in [5, 5.41) is 2.91. The van der Waals surface area contributed by atoms with Crippen molar-refractivity contribution in [1.82, 2.24) is 5.32 Å². The number of anilines is 1. The van der Waals surface area contributed by atoms with E-state index in [-0.39, 0.29) is 11.9 Å². The predicted octanol–water partition coefficient (Wildman–Crippen LogP) is 2.97. The number of rotatable bonds is 3. The van der Waals surface area contributed by atoms with E-state index in [0.717, 1.165) is 17.1 Å². The third-order valence-electron chi connectivity index (χ3n) is 3.04. The molecule has 2 rings (SSSR count). The van der Waals surface area contributed by atoms with E-state index in [4.69, 9.17) is 10.2 Å². The van der Waals surface area contributed by atoms with E-state index in [9.17, 15) is 4.79 Å². The Morgan fingerprint density at radius 1 is 1.26 bits per heavy atom. The Labute approximate surface area is 112 Å². The molecular formula is C15H18N2O2. The lowest BCUT2D eigenvalue weighted by molar-refractivity contribution is 0.0934. The molecule has 1 aromatic heterocycles. The van der Waals surface area contributed by atoms with E-state index >= 15 is 0 Å². The third kappa shape index (κ3) is 2.96. The molecule has 0 aliphatic rings. The standard InChI is InChI=1S/C15H18N2O2/c1-9-4-6-12(16)8-13(9)15(18)17-11(3)14-7-5-10(2)19-14/h4-8,11H,16H2,1-3H3,(H,17,18). The monoisotopic (exact) mass is 258 g/mol. The highest BCUT2D eigenvalue weighted by Gasteiger charge is 2.15. The minimum Gasteiger partial charge on any atom is -0.464 e.